The van der Waals surface area contributed by atoms with E-state index in [2.05, 4.69) is 6.92 Å². The quantitative estimate of drug-likeness (QED) is 0.443. The van der Waals surface area contributed by atoms with Crippen LogP contribution in [0.3, 0.4) is 0 Å². The first-order valence-corrected chi connectivity index (χ1v) is 8.41. The lowest BCUT2D eigenvalue weighted by Gasteiger charge is -2.23. The lowest BCUT2D eigenvalue weighted by atomic mass is 10.1. The molecule has 0 aliphatic carbocycles. The van der Waals surface area contributed by atoms with E-state index in [-0.39, 0.29) is 6.54 Å². The molecule has 5 heteroatoms. The minimum Gasteiger partial charge on any atom is -0.544 e. The van der Waals surface area contributed by atoms with E-state index >= 15 is 0 Å². The zero-order valence-electron chi connectivity index (χ0n) is 14.9. The smallest absolute Gasteiger partial charge is 0.303 e. The van der Waals surface area contributed by atoms with Crippen LogP contribution in [0.25, 0.3) is 0 Å². The standard InChI is InChI=1S/C12H24O2.C5H11NO2/c1-2-3-4-5-6-7-8-9-10-11-12(13)14;1-6(2,3)4-5(7)8/h2-11H2,1H3,(H,13,14);4H2,1-3H3. The van der Waals surface area contributed by atoms with E-state index in [0.29, 0.717) is 10.9 Å². The van der Waals surface area contributed by atoms with Crippen LogP contribution in [0.1, 0.15) is 71.1 Å². The van der Waals surface area contributed by atoms with Crippen molar-refractivity contribution in [2.24, 2.45) is 0 Å². The zero-order chi connectivity index (χ0) is 17.4. The van der Waals surface area contributed by atoms with Gasteiger partial charge in [0, 0.05) is 6.42 Å². The van der Waals surface area contributed by atoms with E-state index in [1.165, 1.54) is 44.9 Å². The van der Waals surface area contributed by atoms with Crippen molar-refractivity contribution >= 4 is 11.9 Å². The summed E-state index contributed by atoms with van der Waals surface area (Å²) in [6.45, 7) is 2.30. The van der Waals surface area contributed by atoms with Crippen LogP contribution in [0.2, 0.25) is 0 Å². The van der Waals surface area contributed by atoms with Gasteiger partial charge in [-0.2, -0.15) is 0 Å². The van der Waals surface area contributed by atoms with Crippen LogP contribution in [-0.4, -0.2) is 49.2 Å². The molecule has 0 aliphatic heterocycles. The molecule has 0 saturated heterocycles. The summed E-state index contributed by atoms with van der Waals surface area (Å²) in [5.41, 5.74) is 0. The monoisotopic (exact) mass is 317 g/mol. The highest BCUT2D eigenvalue weighted by Gasteiger charge is 2.04. The molecule has 0 bridgehead atoms. The Kier molecular flexibility index (Phi) is 15.6. The molecule has 1 N–H and O–H groups in total. The number of carbonyl (C=O) groups excluding carboxylic acids is 1. The second kappa shape index (κ2) is 14.8. The Morgan fingerprint density at radius 2 is 1.27 bits per heavy atom. The average molecular weight is 317 g/mol. The molecule has 0 heterocycles. The maximum atomic E-state index is 10.2. The van der Waals surface area contributed by atoms with Crippen molar-refractivity contribution < 1.29 is 24.3 Å². The highest BCUT2D eigenvalue weighted by molar-refractivity contribution is 5.66. The number of carboxylic acids is 2. The minimum atomic E-state index is -1.00. The molecule has 0 aliphatic rings. The third kappa shape index (κ3) is 27.3. The van der Waals surface area contributed by atoms with Crippen LogP contribution in [0.4, 0.5) is 0 Å². The van der Waals surface area contributed by atoms with Gasteiger partial charge < -0.3 is 19.5 Å². The number of unbranched alkanes of at least 4 members (excludes halogenated alkanes) is 8. The molecule has 132 valence electrons. The summed E-state index contributed by atoms with van der Waals surface area (Å²) < 4.78 is 0.419. The Morgan fingerprint density at radius 1 is 0.864 bits per heavy atom. The molecule has 0 aromatic heterocycles. The number of carboxylic acid groups (broad SMARTS) is 2. The molecule has 0 unspecified atom stereocenters. The predicted molar refractivity (Wildman–Crippen MR) is 87.4 cm³/mol. The van der Waals surface area contributed by atoms with Gasteiger partial charge in [0.05, 0.1) is 27.1 Å². The lowest BCUT2D eigenvalue weighted by Crippen LogP contribution is -2.45. The first-order valence-electron chi connectivity index (χ1n) is 8.41. The molecule has 0 amide bonds. The molecule has 0 saturated carbocycles. The Morgan fingerprint density at radius 3 is 1.55 bits per heavy atom. The molecule has 0 atom stereocenters. The molecule has 0 rings (SSSR count). The third-order valence-electron chi connectivity index (χ3n) is 3.10. The number of carbonyl (C=O) groups is 2. The molecule has 0 aromatic carbocycles. The third-order valence-corrected chi connectivity index (χ3v) is 3.10. The van der Waals surface area contributed by atoms with E-state index in [4.69, 9.17) is 5.11 Å². The highest BCUT2D eigenvalue weighted by Crippen LogP contribution is 2.10. The lowest BCUT2D eigenvalue weighted by molar-refractivity contribution is -0.864. The summed E-state index contributed by atoms with van der Waals surface area (Å²) in [6, 6.07) is 0. The number of hydrogen-bond donors (Lipinski definition) is 1. The van der Waals surface area contributed by atoms with Gasteiger partial charge in [0.15, 0.2) is 0 Å². The van der Waals surface area contributed by atoms with E-state index in [0.717, 1.165) is 12.8 Å². The average Bonchev–Trinajstić information content (AvgIpc) is 2.34. The summed E-state index contributed by atoms with van der Waals surface area (Å²) in [4.78, 5) is 20.1. The van der Waals surface area contributed by atoms with Crippen LogP contribution in [0.15, 0.2) is 0 Å². The molecule has 22 heavy (non-hydrogen) atoms. The van der Waals surface area contributed by atoms with E-state index in [1.54, 1.807) is 21.1 Å². The van der Waals surface area contributed by atoms with Gasteiger partial charge in [-0.05, 0) is 6.42 Å². The molecule has 0 spiro atoms. The van der Waals surface area contributed by atoms with E-state index in [1.807, 2.05) is 0 Å². The van der Waals surface area contributed by atoms with Crippen LogP contribution < -0.4 is 5.11 Å². The first kappa shape index (κ1) is 23.2. The minimum absolute atomic E-state index is 0.0694. The Bertz CT molecular complexity index is 285. The van der Waals surface area contributed by atoms with Crippen molar-refractivity contribution in [2.45, 2.75) is 71.1 Å². The summed E-state index contributed by atoms with van der Waals surface area (Å²) in [6.07, 6.45) is 11.5. The predicted octanol–water partition coefficient (Wildman–Crippen LogP) is 2.43. The molecule has 0 radical (unpaired) electrons. The van der Waals surface area contributed by atoms with Crippen molar-refractivity contribution in [1.29, 1.82) is 0 Å². The second-order valence-corrected chi connectivity index (χ2v) is 6.79. The molecular formula is C17H35NO4. The zero-order valence-corrected chi connectivity index (χ0v) is 14.9. The summed E-state index contributed by atoms with van der Waals surface area (Å²) in [7, 11) is 5.40. The fourth-order valence-corrected chi connectivity index (χ4v) is 1.97. The van der Waals surface area contributed by atoms with Crippen LogP contribution >= 0.6 is 0 Å². The van der Waals surface area contributed by atoms with Gasteiger partial charge in [-0.15, -0.1) is 0 Å². The molecule has 0 fully saturated rings. The van der Waals surface area contributed by atoms with Gasteiger partial charge in [-0.1, -0.05) is 58.3 Å². The number of aliphatic carboxylic acids is 2. The van der Waals surface area contributed by atoms with Crippen molar-refractivity contribution in [2.75, 3.05) is 27.7 Å². The normalized spacial score (nSPS) is 10.7. The highest BCUT2D eigenvalue weighted by atomic mass is 16.4. The maximum absolute atomic E-state index is 10.2. The van der Waals surface area contributed by atoms with Crippen LogP contribution in [0.5, 0.6) is 0 Å². The number of nitrogens with zero attached hydrogens (tertiary/aromatic N) is 1. The van der Waals surface area contributed by atoms with Crippen molar-refractivity contribution in [1.82, 2.24) is 0 Å². The SMILES string of the molecule is CCCCCCCCCCCC(=O)O.C[N+](C)(C)CC(=O)[O-]. The van der Waals surface area contributed by atoms with Gasteiger partial charge in [0.25, 0.3) is 0 Å². The maximum Gasteiger partial charge on any atom is 0.303 e. The summed E-state index contributed by atoms with van der Waals surface area (Å²) in [5, 5.41) is 18.3. The molecule has 0 aromatic rings. The Hall–Kier alpha value is -1.10. The van der Waals surface area contributed by atoms with Crippen molar-refractivity contribution in [3.8, 4) is 0 Å². The van der Waals surface area contributed by atoms with Gasteiger partial charge in [0.2, 0.25) is 0 Å². The van der Waals surface area contributed by atoms with E-state index < -0.39 is 11.9 Å². The number of likely N-dealkylation sites (N-methyl/N-ethyl adjacent to an activating group) is 1. The van der Waals surface area contributed by atoms with Gasteiger partial charge in [0.1, 0.15) is 6.54 Å². The molecular weight excluding hydrogens is 282 g/mol. The number of quaternary nitrogens is 1. The molecule has 5 nitrogen and oxygen atoms in total. The van der Waals surface area contributed by atoms with Crippen LogP contribution in [-0.2, 0) is 9.59 Å². The Balaban J connectivity index is 0. The largest absolute Gasteiger partial charge is 0.544 e. The summed E-state index contributed by atoms with van der Waals surface area (Å²) in [5.74, 6) is -1.66. The Labute approximate surface area is 135 Å². The number of rotatable bonds is 12. The van der Waals surface area contributed by atoms with E-state index in [9.17, 15) is 14.7 Å². The van der Waals surface area contributed by atoms with Gasteiger partial charge in [-0.25, -0.2) is 0 Å². The second-order valence-electron chi connectivity index (χ2n) is 6.79. The topological polar surface area (TPSA) is 77.4 Å². The number of hydrogen-bond acceptors (Lipinski definition) is 3. The first-order chi connectivity index (χ1) is 10.2. The fraction of sp³-hybridized carbons (Fsp3) is 0.882. The van der Waals surface area contributed by atoms with Gasteiger partial charge in [-0.3, -0.25) is 4.79 Å². The van der Waals surface area contributed by atoms with Gasteiger partial charge >= 0.3 is 5.97 Å². The summed E-state index contributed by atoms with van der Waals surface area (Å²) >= 11 is 0. The van der Waals surface area contributed by atoms with Crippen LogP contribution in [0, 0.1) is 0 Å². The van der Waals surface area contributed by atoms with Crippen molar-refractivity contribution in [3.63, 3.8) is 0 Å². The fourth-order valence-electron chi connectivity index (χ4n) is 1.97. The van der Waals surface area contributed by atoms with Crippen molar-refractivity contribution in [3.05, 3.63) is 0 Å².